The number of benzene rings is 2. The van der Waals surface area contributed by atoms with Gasteiger partial charge in [-0.1, -0.05) is 35.4 Å². The Hall–Kier alpha value is -2.74. The van der Waals surface area contributed by atoms with Gasteiger partial charge in [0.25, 0.3) is 0 Å². The number of rotatable bonds is 11. The van der Waals surface area contributed by atoms with Gasteiger partial charge in [-0.15, -0.1) is 37.3 Å². The summed E-state index contributed by atoms with van der Waals surface area (Å²) < 4.78 is 15.2. The van der Waals surface area contributed by atoms with E-state index in [1.165, 1.54) is 16.7 Å². The highest BCUT2D eigenvalue weighted by atomic mass is 32.1. The Bertz CT molecular complexity index is 1090. The van der Waals surface area contributed by atoms with Crippen molar-refractivity contribution in [3.05, 3.63) is 84.0 Å². The molecule has 1 aliphatic rings. The van der Waals surface area contributed by atoms with Crippen LogP contribution < -0.4 is 9.47 Å². The van der Waals surface area contributed by atoms with Gasteiger partial charge in [0, 0.05) is 19.3 Å². The van der Waals surface area contributed by atoms with Crippen LogP contribution in [0.3, 0.4) is 0 Å². The normalized spacial score (nSPS) is 12.8. The van der Waals surface area contributed by atoms with Crippen molar-refractivity contribution in [3.63, 3.8) is 0 Å². The molecule has 0 amide bonds. The molecule has 0 saturated carbocycles. The second-order valence-electron chi connectivity index (χ2n) is 9.40. The van der Waals surface area contributed by atoms with Crippen LogP contribution in [0, 0.1) is 24.2 Å². The van der Waals surface area contributed by atoms with Gasteiger partial charge in [0.2, 0.25) is 0 Å². The van der Waals surface area contributed by atoms with E-state index in [1.54, 1.807) is 14.2 Å². The number of hydrogen-bond acceptors (Lipinski definition) is 5. The molecule has 1 fully saturated rings. The lowest BCUT2D eigenvalue weighted by atomic mass is 10.1. The van der Waals surface area contributed by atoms with Crippen molar-refractivity contribution in [3.8, 4) is 35.7 Å². The van der Waals surface area contributed by atoms with Gasteiger partial charge in [-0.25, -0.2) is 0 Å². The fourth-order valence-corrected chi connectivity index (χ4v) is 3.41. The van der Waals surface area contributed by atoms with Crippen molar-refractivity contribution >= 4 is 27.0 Å². The Balaban J connectivity index is 0. The van der Waals surface area contributed by atoms with Gasteiger partial charge in [-0.3, -0.25) is 0 Å². The maximum Gasteiger partial charge on any atom is 0.119 e. The topological polar surface area (TPSA) is 51.2 Å². The quantitative estimate of drug-likeness (QED) is 0.105. The number of aliphatic hydroxyl groups excluding tert-OH is 1. The van der Waals surface area contributed by atoms with E-state index in [4.69, 9.17) is 20.6 Å². The monoisotopic (exact) mass is 581 g/mol. The summed E-state index contributed by atoms with van der Waals surface area (Å²) in [5.74, 6) is 10.5. The Morgan fingerprint density at radius 1 is 0.975 bits per heavy atom. The summed E-state index contributed by atoms with van der Waals surface area (Å²) in [7, 11) is 3.34. The first-order chi connectivity index (χ1) is 18.3. The van der Waals surface area contributed by atoms with Gasteiger partial charge in [-0.2, -0.15) is 0 Å². The lowest BCUT2D eigenvalue weighted by Gasteiger charge is -2.05. The number of terminal acetylenes is 1. The number of methoxy groups -OCH3 is 2. The van der Waals surface area contributed by atoms with Crippen LogP contribution in [0.15, 0.2) is 72.8 Å². The zero-order valence-corrected chi connectivity index (χ0v) is 26.2. The van der Waals surface area contributed by atoms with Crippen molar-refractivity contribution in [1.29, 1.82) is 0 Å². The number of aliphatic hydroxyl groups is 1. The van der Waals surface area contributed by atoms with Gasteiger partial charge >= 0.3 is 0 Å². The van der Waals surface area contributed by atoms with E-state index in [0.717, 1.165) is 55.8 Å². The van der Waals surface area contributed by atoms with E-state index in [-0.39, 0.29) is 33.1 Å². The highest BCUT2D eigenvalue weighted by Crippen LogP contribution is 2.17. The first kappa shape index (κ1) is 39.4. The van der Waals surface area contributed by atoms with Crippen LogP contribution in [-0.2, 0) is 44.6 Å². The highest BCUT2D eigenvalue weighted by molar-refractivity contribution is 7.37. The van der Waals surface area contributed by atoms with Crippen LogP contribution in [0.25, 0.3) is 0 Å². The van der Waals surface area contributed by atoms with Crippen LogP contribution in [0.4, 0.5) is 0 Å². The second-order valence-corrected chi connectivity index (χ2v) is 9.40. The largest absolute Gasteiger partial charge is 2.00 e. The molecular weight excluding hydrogens is 537 g/mol. The minimum atomic E-state index is -0.387. The number of thiol groups is 1. The average molecular weight is 582 g/mol. The molecule has 3 rings (SSSR count). The molecule has 4 nitrogen and oxygen atoms in total. The molecule has 1 aliphatic heterocycles. The number of hydrogen-bond donors (Lipinski definition) is 1. The number of aryl methyl sites for hydroxylation is 2. The van der Waals surface area contributed by atoms with Gasteiger partial charge in [0.1, 0.15) is 11.5 Å². The molecule has 40 heavy (non-hydrogen) atoms. The fraction of sp³-hybridized carbons (Fsp3) is 0.412. The summed E-state index contributed by atoms with van der Waals surface area (Å²) in [6.45, 7) is 12.4. The van der Waals surface area contributed by atoms with Crippen LogP contribution in [0.5, 0.6) is 11.5 Å². The van der Waals surface area contributed by atoms with Crippen LogP contribution >= 0.6 is 0 Å². The molecule has 220 valence electrons. The third-order valence-corrected chi connectivity index (χ3v) is 5.39. The van der Waals surface area contributed by atoms with E-state index in [0.29, 0.717) is 18.9 Å². The summed E-state index contributed by atoms with van der Waals surface area (Å²) >= 11 is 0. The number of epoxide rings is 1. The van der Waals surface area contributed by atoms with Crippen molar-refractivity contribution in [2.24, 2.45) is 0 Å². The molecule has 0 radical (unpaired) electrons. The first-order valence-corrected chi connectivity index (χ1v) is 13.0. The van der Waals surface area contributed by atoms with Gasteiger partial charge < -0.3 is 46.3 Å². The predicted molar refractivity (Wildman–Crippen MR) is 175 cm³/mol. The Morgan fingerprint density at radius 3 is 1.90 bits per heavy atom. The minimum Gasteiger partial charge on any atom is -2.00 e. The second kappa shape index (κ2) is 24.1. The molecule has 1 heterocycles. The van der Waals surface area contributed by atoms with Crippen molar-refractivity contribution in [1.82, 2.24) is 0 Å². The Morgan fingerprint density at radius 2 is 1.50 bits per heavy atom. The molecule has 6 heteroatoms. The third-order valence-electron chi connectivity index (χ3n) is 5.39. The van der Waals surface area contributed by atoms with E-state index >= 15 is 0 Å². The van der Waals surface area contributed by atoms with Crippen molar-refractivity contribution in [2.45, 2.75) is 71.0 Å². The molecule has 0 bridgehead atoms. The van der Waals surface area contributed by atoms with E-state index in [2.05, 4.69) is 43.1 Å². The SMILES string of the molecule is C#CCCc1cccc(OC)c1.C=C(C)C[C@@H](O)CC#CCCc1cccc(OC)c1.C=C(C)C[C@@H]1CO1.[S-2].[SH-]. The molecule has 0 aromatic heterocycles. The molecular formula is C34H45O4S2-3. The number of ether oxygens (including phenoxy) is 3. The van der Waals surface area contributed by atoms with Crippen molar-refractivity contribution < 1.29 is 19.3 Å². The molecule has 2 aromatic rings. The first-order valence-electron chi connectivity index (χ1n) is 13.0. The van der Waals surface area contributed by atoms with Crippen LogP contribution in [0.2, 0.25) is 0 Å². The Kier molecular flexibility index (Phi) is 23.7. The van der Waals surface area contributed by atoms with Gasteiger partial charge in [0.05, 0.1) is 33.0 Å². The third kappa shape index (κ3) is 21.1. The maximum absolute atomic E-state index is 9.62. The van der Waals surface area contributed by atoms with E-state index in [1.807, 2.05) is 50.2 Å². The minimum absolute atomic E-state index is 0. The van der Waals surface area contributed by atoms with E-state index in [9.17, 15) is 5.11 Å². The lowest BCUT2D eigenvalue weighted by Crippen LogP contribution is -2.04. The van der Waals surface area contributed by atoms with Gasteiger partial charge in [0.15, 0.2) is 0 Å². The summed E-state index contributed by atoms with van der Waals surface area (Å²) in [6.07, 6.45) is 10.9. The predicted octanol–water partition coefficient (Wildman–Crippen LogP) is 6.69. The Labute approximate surface area is 257 Å². The standard InChI is InChI=1S/C17H22O2.C11H12O.C6H10O.H2S.S/c1-14(2)12-16(18)10-6-4-5-8-15-9-7-11-17(13-15)19-3;1-3-4-6-10-7-5-8-11(9-10)12-2;1-5(2)3-6-4-7-6;;/h7,9,11,13,16,18H,1,5,8,10,12H2,2-3H3;1,5,7-9H,4,6H2,2H3;6H,1,3-4H2,2H3;1H2;/q;;;;-2/p-1/t16-;;6-;;/m0.1../s1. The molecule has 0 aliphatic carbocycles. The zero-order chi connectivity index (χ0) is 28.2. The van der Waals surface area contributed by atoms with Crippen LogP contribution in [0.1, 0.15) is 57.1 Å². The summed E-state index contributed by atoms with van der Waals surface area (Å²) in [4.78, 5) is 0. The molecule has 0 unspecified atom stereocenters. The summed E-state index contributed by atoms with van der Waals surface area (Å²) in [6, 6.07) is 16.0. The average Bonchev–Trinajstić information content (AvgIpc) is 3.71. The summed E-state index contributed by atoms with van der Waals surface area (Å²) in [5, 5.41) is 9.62. The molecule has 1 N–H and O–H groups in total. The fourth-order valence-electron chi connectivity index (χ4n) is 3.41. The van der Waals surface area contributed by atoms with Crippen molar-refractivity contribution in [2.75, 3.05) is 20.8 Å². The van der Waals surface area contributed by atoms with Gasteiger partial charge in [-0.05, 0) is 74.9 Å². The smallest absolute Gasteiger partial charge is 0.119 e. The molecule has 1 saturated heterocycles. The molecule has 2 aromatic carbocycles. The maximum atomic E-state index is 9.62. The van der Waals surface area contributed by atoms with Crippen LogP contribution in [-0.4, -0.2) is 38.1 Å². The molecule has 0 spiro atoms. The highest BCUT2D eigenvalue weighted by Gasteiger charge is 2.21. The molecule has 2 atom stereocenters. The lowest BCUT2D eigenvalue weighted by molar-refractivity contribution is 0.180. The van der Waals surface area contributed by atoms with E-state index < -0.39 is 0 Å². The summed E-state index contributed by atoms with van der Waals surface area (Å²) in [5.41, 5.74) is 4.66. The zero-order valence-electron chi connectivity index (χ0n) is 24.4.